The van der Waals surface area contributed by atoms with Crippen molar-refractivity contribution in [1.29, 1.82) is 0 Å². The van der Waals surface area contributed by atoms with Gasteiger partial charge in [-0.25, -0.2) is 0 Å². The summed E-state index contributed by atoms with van der Waals surface area (Å²) in [7, 11) is 0. The van der Waals surface area contributed by atoms with Crippen LogP contribution in [0.3, 0.4) is 0 Å². The summed E-state index contributed by atoms with van der Waals surface area (Å²) < 4.78 is 0. The monoisotopic (exact) mass is 287 g/mol. The second kappa shape index (κ2) is 6.00. The molecule has 1 heterocycles. The molecule has 0 saturated carbocycles. The lowest BCUT2D eigenvalue weighted by atomic mass is 10.2. The normalized spacial score (nSPS) is 20.3. The van der Waals surface area contributed by atoms with Gasteiger partial charge in [0, 0.05) is 12.6 Å². The predicted octanol–water partition coefficient (Wildman–Crippen LogP) is 3.47. The molecule has 1 atom stereocenters. The quantitative estimate of drug-likeness (QED) is 0.833. The molecule has 0 amide bonds. The highest BCUT2D eigenvalue weighted by molar-refractivity contribution is 6.42. The number of nitrogens with zero attached hydrogens (tertiary/aromatic N) is 1. The van der Waals surface area contributed by atoms with Crippen LogP contribution in [-0.4, -0.2) is 30.6 Å². The number of rotatable bonds is 4. The third kappa shape index (κ3) is 3.02. The maximum absolute atomic E-state index is 6.00. The highest BCUT2D eigenvalue weighted by Crippen LogP contribution is 2.31. The molecule has 0 radical (unpaired) electrons. The molecule has 1 aromatic rings. The van der Waals surface area contributed by atoms with E-state index in [1.54, 1.807) is 12.1 Å². The molecule has 1 unspecified atom stereocenters. The van der Waals surface area contributed by atoms with E-state index in [1.807, 2.05) is 0 Å². The standard InChI is InChI=1S/C13H19Cl2N3/c1-2-18-5-3-4-9(18)8-17-13-7-11(15)10(14)6-12(13)16/h6-7,9,17H,2-5,8,16H2,1H3. The van der Waals surface area contributed by atoms with E-state index in [0.29, 0.717) is 21.8 Å². The third-order valence-corrected chi connectivity index (χ3v) is 4.25. The Balaban J connectivity index is 2.00. The first-order chi connectivity index (χ1) is 8.61. The lowest BCUT2D eigenvalue weighted by molar-refractivity contribution is 0.277. The fourth-order valence-corrected chi connectivity index (χ4v) is 2.82. The van der Waals surface area contributed by atoms with Crippen LogP contribution >= 0.6 is 23.2 Å². The third-order valence-electron chi connectivity index (χ3n) is 3.53. The summed E-state index contributed by atoms with van der Waals surface area (Å²) in [5.41, 5.74) is 7.43. The van der Waals surface area contributed by atoms with Crippen molar-refractivity contribution in [2.24, 2.45) is 0 Å². The molecule has 0 aromatic heterocycles. The molecule has 1 aromatic carbocycles. The highest BCUT2D eigenvalue weighted by Gasteiger charge is 2.22. The Morgan fingerprint density at radius 3 is 2.83 bits per heavy atom. The molecule has 2 rings (SSSR count). The van der Waals surface area contributed by atoms with E-state index in [9.17, 15) is 0 Å². The Hall–Kier alpha value is -0.640. The van der Waals surface area contributed by atoms with Gasteiger partial charge in [-0.15, -0.1) is 0 Å². The van der Waals surface area contributed by atoms with Crippen LogP contribution in [-0.2, 0) is 0 Å². The molecule has 0 spiro atoms. The average molecular weight is 288 g/mol. The Kier molecular flexibility index (Phi) is 4.60. The first kappa shape index (κ1) is 13.8. The molecule has 0 bridgehead atoms. The van der Waals surface area contributed by atoms with Gasteiger partial charge in [-0.2, -0.15) is 0 Å². The van der Waals surface area contributed by atoms with Crippen molar-refractivity contribution in [3.63, 3.8) is 0 Å². The van der Waals surface area contributed by atoms with Gasteiger partial charge in [-0.1, -0.05) is 30.1 Å². The number of nitrogens with one attached hydrogen (secondary N) is 1. The summed E-state index contributed by atoms with van der Waals surface area (Å²) in [4.78, 5) is 2.49. The summed E-state index contributed by atoms with van der Waals surface area (Å²) in [6.07, 6.45) is 2.51. The van der Waals surface area contributed by atoms with Crippen molar-refractivity contribution < 1.29 is 0 Å². The second-order valence-corrected chi connectivity index (χ2v) is 5.47. The van der Waals surface area contributed by atoms with Gasteiger partial charge >= 0.3 is 0 Å². The van der Waals surface area contributed by atoms with Crippen LogP contribution in [0.4, 0.5) is 11.4 Å². The van der Waals surface area contributed by atoms with Crippen LogP contribution in [0.15, 0.2) is 12.1 Å². The van der Waals surface area contributed by atoms with Gasteiger partial charge in [0.15, 0.2) is 0 Å². The number of likely N-dealkylation sites (tertiary alicyclic amines) is 1. The van der Waals surface area contributed by atoms with Gasteiger partial charge in [0.1, 0.15) is 0 Å². The zero-order chi connectivity index (χ0) is 13.1. The van der Waals surface area contributed by atoms with Gasteiger partial charge < -0.3 is 11.1 Å². The molecule has 1 saturated heterocycles. The number of nitrogen functional groups attached to an aromatic ring is 1. The van der Waals surface area contributed by atoms with E-state index in [-0.39, 0.29) is 0 Å². The van der Waals surface area contributed by atoms with E-state index in [1.165, 1.54) is 19.4 Å². The van der Waals surface area contributed by atoms with E-state index < -0.39 is 0 Å². The van der Waals surface area contributed by atoms with Crippen LogP contribution in [0.2, 0.25) is 10.0 Å². The molecule has 0 aliphatic carbocycles. The second-order valence-electron chi connectivity index (χ2n) is 4.66. The fourth-order valence-electron chi connectivity index (χ4n) is 2.49. The van der Waals surface area contributed by atoms with Crippen LogP contribution < -0.4 is 11.1 Å². The fraction of sp³-hybridized carbons (Fsp3) is 0.538. The van der Waals surface area contributed by atoms with Crippen LogP contribution in [0.25, 0.3) is 0 Å². The Bertz CT molecular complexity index is 423. The summed E-state index contributed by atoms with van der Waals surface area (Å²) >= 11 is 11.9. The van der Waals surface area contributed by atoms with Crippen molar-refractivity contribution >= 4 is 34.6 Å². The van der Waals surface area contributed by atoms with Crippen molar-refractivity contribution in [1.82, 2.24) is 4.90 Å². The molecule has 100 valence electrons. The lowest BCUT2D eigenvalue weighted by Gasteiger charge is -2.23. The van der Waals surface area contributed by atoms with Crippen molar-refractivity contribution in [2.75, 3.05) is 30.7 Å². The molecule has 1 aliphatic rings. The average Bonchev–Trinajstić information content (AvgIpc) is 2.79. The van der Waals surface area contributed by atoms with Crippen LogP contribution in [0, 0.1) is 0 Å². The largest absolute Gasteiger partial charge is 0.397 e. The first-order valence-electron chi connectivity index (χ1n) is 6.34. The minimum absolute atomic E-state index is 0.496. The summed E-state index contributed by atoms with van der Waals surface area (Å²) in [5, 5.41) is 4.41. The molecule has 18 heavy (non-hydrogen) atoms. The number of likely N-dealkylation sites (N-methyl/N-ethyl adjacent to an activating group) is 1. The van der Waals surface area contributed by atoms with E-state index >= 15 is 0 Å². The number of halogens is 2. The number of benzene rings is 1. The molecule has 1 aliphatic heterocycles. The van der Waals surface area contributed by atoms with Gasteiger partial charge in [-0.3, -0.25) is 4.90 Å². The maximum Gasteiger partial charge on any atom is 0.0614 e. The Morgan fingerprint density at radius 1 is 1.39 bits per heavy atom. The highest BCUT2D eigenvalue weighted by atomic mass is 35.5. The maximum atomic E-state index is 6.00. The molecular weight excluding hydrogens is 269 g/mol. The summed E-state index contributed by atoms with van der Waals surface area (Å²) in [6, 6.07) is 4.08. The molecule has 3 nitrogen and oxygen atoms in total. The van der Waals surface area contributed by atoms with Gasteiger partial charge in [0.25, 0.3) is 0 Å². The SMILES string of the molecule is CCN1CCCC1CNc1cc(Cl)c(Cl)cc1N. The van der Waals surface area contributed by atoms with Crippen LogP contribution in [0.5, 0.6) is 0 Å². The predicted molar refractivity (Wildman–Crippen MR) is 79.6 cm³/mol. The lowest BCUT2D eigenvalue weighted by Crippen LogP contribution is -2.34. The topological polar surface area (TPSA) is 41.3 Å². The first-order valence-corrected chi connectivity index (χ1v) is 7.10. The summed E-state index contributed by atoms with van der Waals surface area (Å²) in [5.74, 6) is 0. The molecule has 1 fully saturated rings. The Morgan fingerprint density at radius 2 is 2.11 bits per heavy atom. The molecule has 3 N–H and O–H groups in total. The Labute approximate surface area is 118 Å². The van der Waals surface area contributed by atoms with E-state index in [2.05, 4.69) is 17.1 Å². The molecule has 5 heteroatoms. The van der Waals surface area contributed by atoms with Crippen molar-refractivity contribution in [2.45, 2.75) is 25.8 Å². The number of hydrogen-bond donors (Lipinski definition) is 2. The minimum Gasteiger partial charge on any atom is -0.397 e. The summed E-state index contributed by atoms with van der Waals surface area (Å²) in [6.45, 7) is 5.39. The minimum atomic E-state index is 0.496. The van der Waals surface area contributed by atoms with Crippen molar-refractivity contribution in [3.8, 4) is 0 Å². The van der Waals surface area contributed by atoms with E-state index in [4.69, 9.17) is 28.9 Å². The smallest absolute Gasteiger partial charge is 0.0614 e. The number of nitrogens with two attached hydrogens (primary N) is 1. The van der Waals surface area contributed by atoms with Gasteiger partial charge in [0.2, 0.25) is 0 Å². The molecular formula is C13H19Cl2N3. The zero-order valence-corrected chi connectivity index (χ0v) is 12.1. The van der Waals surface area contributed by atoms with Crippen LogP contribution in [0.1, 0.15) is 19.8 Å². The number of hydrogen-bond acceptors (Lipinski definition) is 3. The van der Waals surface area contributed by atoms with Gasteiger partial charge in [0.05, 0.1) is 21.4 Å². The van der Waals surface area contributed by atoms with E-state index in [0.717, 1.165) is 18.8 Å². The van der Waals surface area contributed by atoms with Crippen molar-refractivity contribution in [3.05, 3.63) is 22.2 Å². The zero-order valence-electron chi connectivity index (χ0n) is 10.5. The van der Waals surface area contributed by atoms with Gasteiger partial charge in [-0.05, 0) is 38.1 Å². The number of anilines is 2.